The van der Waals surface area contributed by atoms with E-state index >= 15 is 0 Å². The molecule has 0 spiro atoms. The normalized spacial score (nSPS) is 22.9. The average molecular weight is 485 g/mol. The molecular formula is C24H22Cl2N4O3. The van der Waals surface area contributed by atoms with E-state index in [2.05, 4.69) is 28.8 Å². The van der Waals surface area contributed by atoms with E-state index in [0.717, 1.165) is 16.5 Å². The highest BCUT2D eigenvalue weighted by molar-refractivity contribution is 6.41. The van der Waals surface area contributed by atoms with Crippen molar-refractivity contribution in [3.63, 3.8) is 0 Å². The third kappa shape index (κ3) is 3.38. The van der Waals surface area contributed by atoms with Gasteiger partial charge in [-0.1, -0.05) is 42.8 Å². The topological polar surface area (TPSA) is 76.4 Å². The third-order valence-electron chi connectivity index (χ3n) is 6.54. The number of likely N-dealkylation sites (tertiary alicyclic amines) is 1. The maximum atomic E-state index is 11.9. The zero-order valence-electron chi connectivity index (χ0n) is 18.3. The summed E-state index contributed by atoms with van der Waals surface area (Å²) in [6.45, 7) is 5.70. The number of nitrogens with one attached hydrogen (secondary N) is 1. The van der Waals surface area contributed by atoms with Gasteiger partial charge in [-0.25, -0.2) is 9.97 Å². The fourth-order valence-corrected chi connectivity index (χ4v) is 5.48. The monoisotopic (exact) mass is 484 g/mol. The zero-order valence-corrected chi connectivity index (χ0v) is 19.8. The fourth-order valence-electron chi connectivity index (χ4n) is 4.76. The Morgan fingerprint density at radius 1 is 1.15 bits per heavy atom. The highest BCUT2D eigenvalue weighted by Crippen LogP contribution is 2.51. The van der Waals surface area contributed by atoms with Gasteiger partial charge in [0.25, 0.3) is 0 Å². The van der Waals surface area contributed by atoms with Crippen LogP contribution in [0.25, 0.3) is 22.0 Å². The maximum absolute atomic E-state index is 11.9. The first-order valence-corrected chi connectivity index (χ1v) is 11.2. The van der Waals surface area contributed by atoms with E-state index in [1.54, 1.807) is 26.5 Å². The molecule has 1 saturated carbocycles. The van der Waals surface area contributed by atoms with Gasteiger partial charge in [-0.3, -0.25) is 4.79 Å². The molecule has 0 radical (unpaired) electrons. The van der Waals surface area contributed by atoms with Gasteiger partial charge in [0.15, 0.2) is 0 Å². The van der Waals surface area contributed by atoms with Crippen molar-refractivity contribution in [1.29, 1.82) is 0 Å². The first-order valence-electron chi connectivity index (χ1n) is 10.5. The Morgan fingerprint density at radius 3 is 2.48 bits per heavy atom. The Labute approximate surface area is 201 Å². The molecule has 33 heavy (non-hydrogen) atoms. The number of fused-ring (bicyclic) bond motifs is 2. The third-order valence-corrected chi connectivity index (χ3v) is 7.29. The molecule has 7 nitrogen and oxygen atoms in total. The van der Waals surface area contributed by atoms with Crippen molar-refractivity contribution in [1.82, 2.24) is 14.9 Å². The van der Waals surface area contributed by atoms with Crippen LogP contribution >= 0.6 is 23.2 Å². The molecule has 2 fully saturated rings. The van der Waals surface area contributed by atoms with E-state index < -0.39 is 0 Å². The number of amides is 1. The Balaban J connectivity index is 1.43. The van der Waals surface area contributed by atoms with Gasteiger partial charge in [0.05, 0.1) is 47.9 Å². The number of carbonyl (C=O) groups excluding carboxylic acids is 1. The van der Waals surface area contributed by atoms with Gasteiger partial charge in [0.1, 0.15) is 11.5 Å². The number of benzene rings is 2. The SMILES string of the molecule is C=CC(=O)N1C2[C@H](C)[C@@H](Nc3ncc4cc(-c5c(Cl)c(OC)cc(OC)c5Cl)ccc4n3)[C@H]21. The number of anilines is 1. The van der Waals surface area contributed by atoms with Crippen LogP contribution in [0.5, 0.6) is 11.5 Å². The second-order valence-corrected chi connectivity index (χ2v) is 8.97. The Hall–Kier alpha value is -3.03. The molecule has 170 valence electrons. The minimum atomic E-state index is -0.0281. The van der Waals surface area contributed by atoms with Crippen LogP contribution in [0.3, 0.4) is 0 Å². The number of ether oxygens (including phenoxy) is 2. The number of hydrogen-bond donors (Lipinski definition) is 1. The van der Waals surface area contributed by atoms with Gasteiger partial charge in [-0.2, -0.15) is 0 Å². The summed E-state index contributed by atoms with van der Waals surface area (Å²) in [5, 5.41) is 5.03. The molecule has 1 amide bonds. The summed E-state index contributed by atoms with van der Waals surface area (Å²) >= 11 is 13.1. The molecule has 1 N–H and O–H groups in total. The predicted octanol–water partition coefficient (Wildman–Crippen LogP) is 4.82. The highest BCUT2D eigenvalue weighted by atomic mass is 35.5. The first-order chi connectivity index (χ1) is 15.9. The number of methoxy groups -OCH3 is 2. The molecule has 1 aliphatic heterocycles. The number of aromatic nitrogens is 2. The summed E-state index contributed by atoms with van der Waals surface area (Å²) in [6.07, 6.45) is 3.12. The lowest BCUT2D eigenvalue weighted by Gasteiger charge is -2.30. The second-order valence-electron chi connectivity index (χ2n) is 8.21. The van der Waals surface area contributed by atoms with Crippen molar-refractivity contribution in [2.24, 2.45) is 5.92 Å². The molecule has 5 rings (SSSR count). The van der Waals surface area contributed by atoms with Crippen molar-refractivity contribution >= 4 is 46.0 Å². The van der Waals surface area contributed by atoms with E-state index in [-0.39, 0.29) is 24.0 Å². The van der Waals surface area contributed by atoms with Crippen molar-refractivity contribution in [3.8, 4) is 22.6 Å². The maximum Gasteiger partial charge on any atom is 0.246 e. The van der Waals surface area contributed by atoms with Crippen LogP contribution < -0.4 is 14.8 Å². The van der Waals surface area contributed by atoms with E-state index in [4.69, 9.17) is 32.7 Å². The van der Waals surface area contributed by atoms with Crippen LogP contribution in [0.4, 0.5) is 5.95 Å². The summed E-state index contributed by atoms with van der Waals surface area (Å²) in [4.78, 5) is 23.0. The minimum Gasteiger partial charge on any atom is -0.495 e. The minimum absolute atomic E-state index is 0.0281. The quantitative estimate of drug-likeness (QED) is 0.399. The van der Waals surface area contributed by atoms with Gasteiger partial charge >= 0.3 is 0 Å². The van der Waals surface area contributed by atoms with E-state index in [0.29, 0.717) is 39.0 Å². The lowest BCUT2D eigenvalue weighted by molar-refractivity contribution is -0.121. The summed E-state index contributed by atoms with van der Waals surface area (Å²) in [6, 6.07) is 7.97. The lowest BCUT2D eigenvalue weighted by atomic mass is 9.81. The predicted molar refractivity (Wildman–Crippen MR) is 129 cm³/mol. The number of rotatable bonds is 6. The van der Waals surface area contributed by atoms with Crippen molar-refractivity contribution in [3.05, 3.63) is 53.2 Å². The van der Waals surface area contributed by atoms with Crippen LogP contribution in [0.15, 0.2) is 43.1 Å². The highest BCUT2D eigenvalue weighted by Gasteiger charge is 2.68. The molecule has 4 atom stereocenters. The Kier molecular flexibility index (Phi) is 5.34. The molecule has 3 aromatic rings. The molecular weight excluding hydrogens is 463 g/mol. The van der Waals surface area contributed by atoms with Crippen molar-refractivity contribution < 1.29 is 14.3 Å². The van der Waals surface area contributed by atoms with E-state index in [1.165, 1.54) is 6.08 Å². The van der Waals surface area contributed by atoms with Crippen LogP contribution in [0, 0.1) is 5.92 Å². The number of hydrogen-bond acceptors (Lipinski definition) is 6. The summed E-state index contributed by atoms with van der Waals surface area (Å²) in [5.74, 6) is 1.77. The van der Waals surface area contributed by atoms with Gasteiger partial charge in [0, 0.05) is 29.1 Å². The van der Waals surface area contributed by atoms with Crippen LogP contribution in [0.1, 0.15) is 6.92 Å². The van der Waals surface area contributed by atoms with Gasteiger partial charge in [-0.05, 0) is 23.8 Å². The van der Waals surface area contributed by atoms with Gasteiger partial charge in [0.2, 0.25) is 11.9 Å². The Bertz CT molecular complexity index is 1270. The lowest BCUT2D eigenvalue weighted by Crippen LogP contribution is -2.46. The number of halogens is 2. The molecule has 0 bridgehead atoms. The smallest absolute Gasteiger partial charge is 0.246 e. The van der Waals surface area contributed by atoms with Gasteiger partial charge < -0.3 is 19.7 Å². The van der Waals surface area contributed by atoms with Crippen LogP contribution in [0.2, 0.25) is 10.0 Å². The molecule has 1 aromatic heterocycles. The molecule has 1 aliphatic carbocycles. The second kappa shape index (κ2) is 8.08. The fraction of sp³-hybridized carbons (Fsp3) is 0.292. The molecule has 2 heterocycles. The van der Waals surface area contributed by atoms with E-state index in [1.807, 2.05) is 23.1 Å². The number of nitrogens with zero attached hydrogens (tertiary/aromatic N) is 3. The molecule has 1 unspecified atom stereocenters. The van der Waals surface area contributed by atoms with Crippen molar-refractivity contribution in [2.75, 3.05) is 19.5 Å². The summed E-state index contributed by atoms with van der Waals surface area (Å²) in [7, 11) is 3.08. The first kappa shape index (κ1) is 21.8. The number of carbonyl (C=O) groups is 1. The zero-order chi connectivity index (χ0) is 23.4. The van der Waals surface area contributed by atoms with Crippen LogP contribution in [-0.2, 0) is 4.79 Å². The average Bonchev–Trinajstić information content (AvgIpc) is 3.52. The summed E-state index contributed by atoms with van der Waals surface area (Å²) < 4.78 is 10.8. The van der Waals surface area contributed by atoms with Gasteiger partial charge in [-0.15, -0.1) is 0 Å². The van der Waals surface area contributed by atoms with Crippen molar-refractivity contribution in [2.45, 2.75) is 25.0 Å². The molecule has 1 saturated heterocycles. The largest absolute Gasteiger partial charge is 0.495 e. The molecule has 2 aliphatic rings. The van der Waals surface area contributed by atoms with E-state index in [9.17, 15) is 4.79 Å². The molecule has 2 aromatic carbocycles. The van der Waals surface area contributed by atoms with Crippen LogP contribution in [-0.4, -0.2) is 53.1 Å². The molecule has 9 heteroatoms. The standard InChI is InChI=1S/C24H22Cl2N4O3/c1-5-17(31)30-22-11(2)21(23(22)30)29-24-27-10-13-8-12(6-7-14(13)28-24)18-19(25)15(32-3)9-16(33-4)20(18)26/h5-11,21-23H,1H2,2-4H3,(H,27,28,29)/t11-,21-,22?,23-,30?/m1/s1. The Morgan fingerprint density at radius 2 is 1.85 bits per heavy atom. The summed E-state index contributed by atoms with van der Waals surface area (Å²) in [5.41, 5.74) is 2.19.